The molecular formula is C21H32N2O6S. The Hall–Kier alpha value is -2.26. The molecule has 0 spiro atoms. The van der Waals surface area contributed by atoms with Gasteiger partial charge in [0, 0.05) is 0 Å². The Balaban J connectivity index is 3.25. The lowest BCUT2D eigenvalue weighted by Crippen LogP contribution is -2.56. The number of rotatable bonds is 8. The zero-order valence-corrected chi connectivity index (χ0v) is 19.2. The fourth-order valence-electron chi connectivity index (χ4n) is 3.05. The van der Waals surface area contributed by atoms with E-state index in [0.29, 0.717) is 10.7 Å². The quantitative estimate of drug-likeness (QED) is 0.562. The zero-order valence-electron chi connectivity index (χ0n) is 18.4. The molecule has 9 heteroatoms. The molecule has 2 amide bonds. The minimum atomic E-state index is -1.38. The molecule has 4 N–H and O–H groups in total. The van der Waals surface area contributed by atoms with Crippen molar-refractivity contribution in [1.82, 2.24) is 4.90 Å². The summed E-state index contributed by atoms with van der Waals surface area (Å²) in [7, 11) is 0. The molecule has 1 aromatic rings. The van der Waals surface area contributed by atoms with Crippen molar-refractivity contribution in [3.8, 4) is 5.75 Å². The van der Waals surface area contributed by atoms with Crippen LogP contribution in [0.1, 0.15) is 43.9 Å². The molecule has 0 aliphatic carbocycles. The molecule has 0 fully saturated rings. The first-order valence-electron chi connectivity index (χ1n) is 9.61. The van der Waals surface area contributed by atoms with Gasteiger partial charge in [0.05, 0.1) is 6.04 Å². The van der Waals surface area contributed by atoms with Crippen LogP contribution in [0.4, 0.5) is 4.79 Å². The molecule has 0 radical (unpaired) electrons. The van der Waals surface area contributed by atoms with E-state index in [4.69, 9.17) is 10.5 Å². The number of carboxylic acid groups (broad SMARTS) is 1. The first-order chi connectivity index (χ1) is 13.8. The molecule has 0 saturated heterocycles. The van der Waals surface area contributed by atoms with Crippen LogP contribution in [0.15, 0.2) is 12.1 Å². The SMILES string of the molecule is CSCC[C@H](C(=O)O)N(C(=O)OC(C)(C)C)C(=O)[C@@H](N)Cc1c(C)cc(O)cc1C. The number of aryl methyl sites for hydroxylation is 2. The van der Waals surface area contributed by atoms with Gasteiger partial charge in [-0.15, -0.1) is 0 Å². The summed E-state index contributed by atoms with van der Waals surface area (Å²) in [6.07, 6.45) is 0.937. The summed E-state index contributed by atoms with van der Waals surface area (Å²) in [5.41, 5.74) is 7.48. The van der Waals surface area contributed by atoms with Gasteiger partial charge in [0.25, 0.3) is 0 Å². The molecule has 2 atom stereocenters. The van der Waals surface area contributed by atoms with E-state index >= 15 is 0 Å². The van der Waals surface area contributed by atoms with E-state index in [0.717, 1.165) is 16.7 Å². The van der Waals surface area contributed by atoms with Crippen molar-refractivity contribution in [3.05, 3.63) is 28.8 Å². The fourth-order valence-corrected chi connectivity index (χ4v) is 3.51. The molecule has 30 heavy (non-hydrogen) atoms. The number of phenols is 1. The van der Waals surface area contributed by atoms with E-state index in [1.165, 1.54) is 11.8 Å². The van der Waals surface area contributed by atoms with Crippen molar-refractivity contribution in [3.63, 3.8) is 0 Å². The molecule has 168 valence electrons. The minimum absolute atomic E-state index is 0.0749. The van der Waals surface area contributed by atoms with Gasteiger partial charge in [-0.2, -0.15) is 11.8 Å². The number of aliphatic carboxylic acids is 1. The van der Waals surface area contributed by atoms with Crippen molar-refractivity contribution in [1.29, 1.82) is 0 Å². The number of amides is 2. The number of phenolic OH excluding ortho intramolecular Hbond substituents is 1. The highest BCUT2D eigenvalue weighted by molar-refractivity contribution is 7.98. The molecule has 1 aromatic carbocycles. The maximum atomic E-state index is 13.2. The number of ether oxygens (including phenoxy) is 1. The molecule has 0 unspecified atom stereocenters. The highest BCUT2D eigenvalue weighted by Crippen LogP contribution is 2.23. The van der Waals surface area contributed by atoms with Crippen LogP contribution in [0.2, 0.25) is 0 Å². The van der Waals surface area contributed by atoms with Gasteiger partial charge in [0.2, 0.25) is 5.91 Å². The van der Waals surface area contributed by atoms with Crippen LogP contribution >= 0.6 is 11.8 Å². The second kappa shape index (κ2) is 10.7. The second-order valence-corrected chi connectivity index (χ2v) is 9.18. The number of imide groups is 1. The Labute approximate surface area is 181 Å². The normalized spacial score (nSPS) is 13.4. The van der Waals surface area contributed by atoms with Crippen LogP contribution in [0.3, 0.4) is 0 Å². The Morgan fingerprint density at radius 1 is 1.20 bits per heavy atom. The summed E-state index contributed by atoms with van der Waals surface area (Å²) in [6.45, 7) is 8.46. The number of hydrogen-bond donors (Lipinski definition) is 3. The van der Waals surface area contributed by atoms with Crippen molar-refractivity contribution >= 4 is 29.7 Å². The average Bonchev–Trinajstić information content (AvgIpc) is 2.58. The topological polar surface area (TPSA) is 130 Å². The zero-order chi connectivity index (χ0) is 23.2. The monoisotopic (exact) mass is 440 g/mol. The number of hydrogen-bond acceptors (Lipinski definition) is 7. The molecular weight excluding hydrogens is 408 g/mol. The maximum Gasteiger partial charge on any atom is 0.417 e. The average molecular weight is 441 g/mol. The number of carboxylic acids is 1. The van der Waals surface area contributed by atoms with Crippen LogP contribution in [0.5, 0.6) is 5.75 Å². The summed E-state index contributed by atoms with van der Waals surface area (Å²) in [4.78, 5) is 38.4. The lowest BCUT2D eigenvalue weighted by Gasteiger charge is -2.31. The smallest absolute Gasteiger partial charge is 0.417 e. The van der Waals surface area contributed by atoms with Gasteiger partial charge in [-0.05, 0) is 88.3 Å². The van der Waals surface area contributed by atoms with Crippen LogP contribution < -0.4 is 5.73 Å². The summed E-state index contributed by atoms with van der Waals surface area (Å²) < 4.78 is 5.30. The Kier molecular flexibility index (Phi) is 9.17. The standard InChI is InChI=1S/C21H32N2O6S/c1-12-9-14(24)10-13(2)15(12)11-16(22)18(25)23(20(28)29-21(3,4)5)17(19(26)27)7-8-30-6/h9-10,16-17,24H,7-8,11,22H2,1-6H3,(H,26,27)/t16-,17+/m0/s1. The van der Waals surface area contributed by atoms with E-state index in [1.54, 1.807) is 53.0 Å². The molecule has 0 aliphatic heterocycles. The second-order valence-electron chi connectivity index (χ2n) is 8.19. The van der Waals surface area contributed by atoms with Crippen molar-refractivity contribution in [2.45, 2.75) is 65.1 Å². The summed E-state index contributed by atoms with van der Waals surface area (Å²) in [5.74, 6) is -1.57. The van der Waals surface area contributed by atoms with Crippen molar-refractivity contribution in [2.75, 3.05) is 12.0 Å². The Morgan fingerprint density at radius 2 is 1.73 bits per heavy atom. The highest BCUT2D eigenvalue weighted by Gasteiger charge is 2.39. The van der Waals surface area contributed by atoms with Crippen LogP contribution in [0, 0.1) is 13.8 Å². The van der Waals surface area contributed by atoms with Gasteiger partial charge in [-0.1, -0.05) is 0 Å². The lowest BCUT2D eigenvalue weighted by molar-refractivity contribution is -0.150. The molecule has 0 aliphatic rings. The Morgan fingerprint density at radius 3 is 2.17 bits per heavy atom. The van der Waals surface area contributed by atoms with E-state index in [1.807, 2.05) is 0 Å². The number of thioether (sulfide) groups is 1. The van der Waals surface area contributed by atoms with Crippen molar-refractivity contribution in [2.24, 2.45) is 5.73 Å². The van der Waals surface area contributed by atoms with Crippen LogP contribution in [0.25, 0.3) is 0 Å². The van der Waals surface area contributed by atoms with Gasteiger partial charge >= 0.3 is 12.1 Å². The van der Waals surface area contributed by atoms with E-state index in [9.17, 15) is 24.6 Å². The van der Waals surface area contributed by atoms with Crippen molar-refractivity contribution < 1.29 is 29.3 Å². The third-order valence-electron chi connectivity index (χ3n) is 4.44. The molecule has 0 saturated carbocycles. The van der Waals surface area contributed by atoms with E-state index in [-0.39, 0.29) is 18.6 Å². The molecule has 8 nitrogen and oxygen atoms in total. The number of nitrogens with zero attached hydrogens (tertiary/aromatic N) is 1. The van der Waals surface area contributed by atoms with Gasteiger partial charge in [0.15, 0.2) is 0 Å². The fraction of sp³-hybridized carbons (Fsp3) is 0.571. The lowest BCUT2D eigenvalue weighted by atomic mass is 9.95. The highest BCUT2D eigenvalue weighted by atomic mass is 32.2. The molecule has 0 bridgehead atoms. The number of carbonyl (C=O) groups excluding carboxylic acids is 2. The van der Waals surface area contributed by atoms with Crippen LogP contribution in [-0.4, -0.2) is 62.8 Å². The first-order valence-corrected chi connectivity index (χ1v) is 11.0. The number of benzene rings is 1. The first kappa shape index (κ1) is 25.8. The molecule has 0 heterocycles. The number of carbonyl (C=O) groups is 3. The summed E-state index contributed by atoms with van der Waals surface area (Å²) in [6, 6.07) is 0.580. The van der Waals surface area contributed by atoms with Gasteiger partial charge in [-0.3, -0.25) is 4.79 Å². The maximum absolute atomic E-state index is 13.2. The van der Waals surface area contributed by atoms with Gasteiger partial charge in [-0.25, -0.2) is 14.5 Å². The largest absolute Gasteiger partial charge is 0.508 e. The number of nitrogens with two attached hydrogens (primary N) is 1. The van der Waals surface area contributed by atoms with E-state index in [2.05, 4.69) is 0 Å². The Bertz CT molecular complexity index is 767. The number of aromatic hydroxyl groups is 1. The predicted molar refractivity (Wildman–Crippen MR) is 117 cm³/mol. The van der Waals surface area contributed by atoms with Crippen LogP contribution in [-0.2, 0) is 20.7 Å². The van der Waals surface area contributed by atoms with E-state index < -0.39 is 35.7 Å². The summed E-state index contributed by atoms with van der Waals surface area (Å²) in [5, 5.41) is 19.4. The summed E-state index contributed by atoms with van der Waals surface area (Å²) >= 11 is 1.41. The third kappa shape index (κ3) is 7.21. The van der Waals surface area contributed by atoms with Gasteiger partial charge in [0.1, 0.15) is 17.4 Å². The van der Waals surface area contributed by atoms with Gasteiger partial charge < -0.3 is 20.7 Å². The molecule has 0 aromatic heterocycles. The molecule has 1 rings (SSSR count). The predicted octanol–water partition coefficient (Wildman–Crippen LogP) is 2.85. The minimum Gasteiger partial charge on any atom is -0.508 e. The third-order valence-corrected chi connectivity index (χ3v) is 5.09.